The molecular weight excluding hydrogens is 235 g/mol. The molecule has 0 aliphatic rings. The Hall–Kier alpha value is -0.830. The summed E-state index contributed by atoms with van der Waals surface area (Å²) in [7, 11) is 0. The van der Waals surface area contributed by atoms with Crippen molar-refractivity contribution in [1.82, 2.24) is 0 Å². The molecule has 1 atom stereocenters. The van der Waals surface area contributed by atoms with Crippen LogP contribution in [0.25, 0.3) is 0 Å². The molecule has 3 heteroatoms. The highest BCUT2D eigenvalue weighted by Crippen LogP contribution is 2.19. The third-order valence-electron chi connectivity index (χ3n) is 2.56. The van der Waals surface area contributed by atoms with Crippen LogP contribution in [0.4, 0.5) is 4.39 Å². The molecular formula is C14H19FOS. The fraction of sp³-hybridized carbons (Fsp3) is 0.500. The van der Waals surface area contributed by atoms with Crippen molar-refractivity contribution in [3.8, 4) is 0 Å². The molecule has 0 aliphatic carbocycles. The monoisotopic (exact) mass is 254 g/mol. The Kier molecular flexibility index (Phi) is 5.69. The topological polar surface area (TPSA) is 17.1 Å². The second-order valence-electron chi connectivity index (χ2n) is 4.57. The predicted molar refractivity (Wildman–Crippen MR) is 72.1 cm³/mol. The lowest BCUT2D eigenvalue weighted by Gasteiger charge is -2.11. The number of rotatable bonds is 6. The summed E-state index contributed by atoms with van der Waals surface area (Å²) < 4.78 is 12.7. The van der Waals surface area contributed by atoms with Gasteiger partial charge in [-0.1, -0.05) is 13.8 Å². The molecule has 0 fully saturated rings. The minimum atomic E-state index is -0.304. The first kappa shape index (κ1) is 14.2. The maximum absolute atomic E-state index is 12.7. The number of benzene rings is 1. The van der Waals surface area contributed by atoms with Gasteiger partial charge in [0.2, 0.25) is 0 Å². The molecule has 0 saturated heterocycles. The molecule has 94 valence electrons. The fourth-order valence-corrected chi connectivity index (χ4v) is 2.65. The van der Waals surface area contributed by atoms with Crippen LogP contribution in [0.5, 0.6) is 0 Å². The molecule has 0 aliphatic heterocycles. The summed E-state index contributed by atoms with van der Waals surface area (Å²) in [5.41, 5.74) is 0.593. The molecule has 0 radical (unpaired) electrons. The minimum Gasteiger partial charge on any atom is -0.293 e. The zero-order valence-corrected chi connectivity index (χ0v) is 11.4. The Labute approximate surface area is 107 Å². The molecule has 1 aromatic carbocycles. The average Bonchev–Trinajstić information content (AvgIpc) is 2.28. The van der Waals surface area contributed by atoms with Gasteiger partial charge in [-0.05, 0) is 49.3 Å². The van der Waals surface area contributed by atoms with Gasteiger partial charge in [0.05, 0.1) is 5.25 Å². The highest BCUT2D eigenvalue weighted by molar-refractivity contribution is 8.00. The fourth-order valence-electron chi connectivity index (χ4n) is 1.41. The van der Waals surface area contributed by atoms with Crippen molar-refractivity contribution in [2.24, 2.45) is 5.92 Å². The van der Waals surface area contributed by atoms with E-state index in [-0.39, 0.29) is 16.9 Å². The van der Waals surface area contributed by atoms with E-state index in [1.165, 1.54) is 12.1 Å². The van der Waals surface area contributed by atoms with Crippen LogP contribution in [-0.4, -0.2) is 16.8 Å². The van der Waals surface area contributed by atoms with E-state index in [0.29, 0.717) is 11.5 Å². The first-order chi connectivity index (χ1) is 8.00. The Bertz CT molecular complexity index is 359. The Balaban J connectivity index is 2.49. The van der Waals surface area contributed by atoms with Gasteiger partial charge in [0.1, 0.15) is 5.82 Å². The van der Waals surface area contributed by atoms with E-state index in [4.69, 9.17) is 0 Å². The van der Waals surface area contributed by atoms with Crippen LogP contribution in [0.15, 0.2) is 24.3 Å². The standard InChI is InChI=1S/C14H19FOS/c1-10(2)8-9-17-11(3)14(16)12-4-6-13(15)7-5-12/h4-7,10-11H,8-9H2,1-3H3. The molecule has 1 unspecified atom stereocenters. The van der Waals surface area contributed by atoms with E-state index in [1.54, 1.807) is 23.9 Å². The molecule has 0 amide bonds. The van der Waals surface area contributed by atoms with Crippen LogP contribution in [0.2, 0.25) is 0 Å². The van der Waals surface area contributed by atoms with Crippen molar-refractivity contribution in [3.63, 3.8) is 0 Å². The molecule has 0 bridgehead atoms. The molecule has 1 rings (SSSR count). The van der Waals surface area contributed by atoms with E-state index in [2.05, 4.69) is 13.8 Å². The molecule has 0 heterocycles. The number of thioether (sulfide) groups is 1. The molecule has 1 aromatic rings. The normalized spacial score (nSPS) is 12.8. The van der Waals surface area contributed by atoms with E-state index < -0.39 is 0 Å². The number of carbonyl (C=O) groups is 1. The molecule has 0 N–H and O–H groups in total. The quantitative estimate of drug-likeness (QED) is 0.708. The number of hydrogen-bond donors (Lipinski definition) is 0. The van der Waals surface area contributed by atoms with Crippen LogP contribution >= 0.6 is 11.8 Å². The van der Waals surface area contributed by atoms with Crippen LogP contribution in [-0.2, 0) is 0 Å². The first-order valence-electron chi connectivity index (χ1n) is 5.92. The lowest BCUT2D eigenvalue weighted by molar-refractivity contribution is 0.0994. The zero-order valence-electron chi connectivity index (χ0n) is 10.6. The zero-order chi connectivity index (χ0) is 12.8. The van der Waals surface area contributed by atoms with Gasteiger partial charge in [0, 0.05) is 5.56 Å². The maximum atomic E-state index is 12.7. The number of carbonyl (C=O) groups excluding carboxylic acids is 1. The van der Waals surface area contributed by atoms with Crippen molar-refractivity contribution in [3.05, 3.63) is 35.6 Å². The molecule has 1 nitrogen and oxygen atoms in total. The highest BCUT2D eigenvalue weighted by atomic mass is 32.2. The smallest absolute Gasteiger partial charge is 0.175 e. The lowest BCUT2D eigenvalue weighted by atomic mass is 10.1. The van der Waals surface area contributed by atoms with Crippen molar-refractivity contribution >= 4 is 17.5 Å². The second kappa shape index (κ2) is 6.80. The van der Waals surface area contributed by atoms with Crippen molar-refractivity contribution in [2.45, 2.75) is 32.4 Å². The second-order valence-corrected chi connectivity index (χ2v) is 6.02. The van der Waals surface area contributed by atoms with E-state index in [9.17, 15) is 9.18 Å². The Morgan fingerprint density at radius 2 is 1.82 bits per heavy atom. The highest BCUT2D eigenvalue weighted by Gasteiger charge is 2.15. The summed E-state index contributed by atoms with van der Waals surface area (Å²) in [6.07, 6.45) is 1.12. The third-order valence-corrected chi connectivity index (χ3v) is 3.75. The van der Waals surface area contributed by atoms with Crippen molar-refractivity contribution in [1.29, 1.82) is 0 Å². The van der Waals surface area contributed by atoms with Crippen molar-refractivity contribution in [2.75, 3.05) is 5.75 Å². The predicted octanol–water partition coefficient (Wildman–Crippen LogP) is 4.18. The minimum absolute atomic E-state index is 0.0563. The van der Waals surface area contributed by atoms with E-state index >= 15 is 0 Å². The number of Topliss-reactive ketones (excluding diaryl/α,β-unsaturated/α-hetero) is 1. The first-order valence-corrected chi connectivity index (χ1v) is 6.97. The van der Waals surface area contributed by atoms with Gasteiger partial charge in [0.15, 0.2) is 5.78 Å². The average molecular weight is 254 g/mol. The molecule has 0 saturated carbocycles. The van der Waals surface area contributed by atoms with Gasteiger partial charge in [-0.25, -0.2) is 4.39 Å². The number of ketones is 1. The summed E-state index contributed by atoms with van der Waals surface area (Å²) in [6.45, 7) is 6.26. The summed E-state index contributed by atoms with van der Waals surface area (Å²) in [5, 5.41) is -0.0563. The summed E-state index contributed by atoms with van der Waals surface area (Å²) in [4.78, 5) is 12.0. The van der Waals surface area contributed by atoms with Gasteiger partial charge < -0.3 is 0 Å². The maximum Gasteiger partial charge on any atom is 0.175 e. The third kappa shape index (κ3) is 4.90. The summed E-state index contributed by atoms with van der Waals surface area (Å²) in [5.74, 6) is 1.43. The SMILES string of the molecule is CC(C)CCSC(C)C(=O)c1ccc(F)cc1. The van der Waals surface area contributed by atoms with E-state index in [1.807, 2.05) is 6.92 Å². The summed E-state index contributed by atoms with van der Waals surface area (Å²) in [6, 6.07) is 5.77. The lowest BCUT2D eigenvalue weighted by Crippen LogP contribution is -2.14. The van der Waals surface area contributed by atoms with Crippen molar-refractivity contribution < 1.29 is 9.18 Å². The van der Waals surface area contributed by atoms with Crippen LogP contribution in [0.1, 0.15) is 37.6 Å². The molecule has 17 heavy (non-hydrogen) atoms. The van der Waals surface area contributed by atoms with Crippen LogP contribution in [0.3, 0.4) is 0 Å². The Morgan fingerprint density at radius 3 is 2.35 bits per heavy atom. The Morgan fingerprint density at radius 1 is 1.24 bits per heavy atom. The largest absolute Gasteiger partial charge is 0.293 e. The number of halogens is 1. The van der Waals surface area contributed by atoms with Gasteiger partial charge >= 0.3 is 0 Å². The van der Waals surface area contributed by atoms with Crippen LogP contribution < -0.4 is 0 Å². The van der Waals surface area contributed by atoms with Gasteiger partial charge in [-0.3, -0.25) is 4.79 Å². The van der Waals surface area contributed by atoms with Gasteiger partial charge in [-0.2, -0.15) is 11.8 Å². The molecule has 0 spiro atoms. The molecule has 0 aromatic heterocycles. The number of hydrogen-bond acceptors (Lipinski definition) is 2. The van der Waals surface area contributed by atoms with Gasteiger partial charge in [-0.15, -0.1) is 0 Å². The van der Waals surface area contributed by atoms with E-state index in [0.717, 1.165) is 12.2 Å². The van der Waals surface area contributed by atoms with Crippen LogP contribution in [0, 0.1) is 11.7 Å². The van der Waals surface area contributed by atoms with Gasteiger partial charge in [0.25, 0.3) is 0 Å². The summed E-state index contributed by atoms with van der Waals surface area (Å²) >= 11 is 1.67.